The number of ether oxygens (including phenoxy) is 1. The first kappa shape index (κ1) is 14.0. The minimum Gasteiger partial charge on any atom is -0.508 e. The summed E-state index contributed by atoms with van der Waals surface area (Å²) in [6, 6.07) is 7.42. The van der Waals surface area contributed by atoms with E-state index < -0.39 is 0 Å². The summed E-state index contributed by atoms with van der Waals surface area (Å²) in [5, 5.41) is 12.9. The van der Waals surface area contributed by atoms with Crippen LogP contribution < -0.4 is 5.32 Å². The number of hydrogen-bond acceptors (Lipinski definition) is 3. The number of rotatable bonds is 8. The Balaban J connectivity index is 2.03. The molecule has 0 aliphatic carbocycles. The molecule has 0 aliphatic rings. The van der Waals surface area contributed by atoms with Gasteiger partial charge in [-0.25, -0.2) is 0 Å². The maximum absolute atomic E-state index is 9.55. The summed E-state index contributed by atoms with van der Waals surface area (Å²) in [7, 11) is 0. The van der Waals surface area contributed by atoms with Crippen LogP contribution in [0.5, 0.6) is 5.75 Å². The van der Waals surface area contributed by atoms with Gasteiger partial charge in [0.2, 0.25) is 0 Å². The number of phenolic OH excluding ortho intramolecular Hbond substituents is 1. The maximum Gasteiger partial charge on any atom is 0.120 e. The topological polar surface area (TPSA) is 41.5 Å². The van der Waals surface area contributed by atoms with Crippen molar-refractivity contribution in [2.45, 2.75) is 39.3 Å². The largest absolute Gasteiger partial charge is 0.508 e. The normalized spacial score (nSPS) is 11.0. The second-order valence-corrected chi connectivity index (χ2v) is 4.43. The Morgan fingerprint density at radius 3 is 2.71 bits per heavy atom. The molecule has 1 rings (SSSR count). The first-order valence-electron chi connectivity index (χ1n) is 6.29. The molecule has 0 unspecified atom stereocenters. The van der Waals surface area contributed by atoms with Gasteiger partial charge in [-0.05, 0) is 39.3 Å². The summed E-state index contributed by atoms with van der Waals surface area (Å²) in [5.74, 6) is 0.364. The SMILES string of the molecule is CC(C)OCCCCNCc1ccccc1O. The van der Waals surface area contributed by atoms with Crippen molar-refractivity contribution in [3.8, 4) is 5.75 Å². The average Bonchev–Trinajstić information content (AvgIpc) is 2.30. The van der Waals surface area contributed by atoms with Crippen molar-refractivity contribution in [1.82, 2.24) is 5.32 Å². The molecule has 96 valence electrons. The zero-order chi connectivity index (χ0) is 12.5. The molecular weight excluding hydrogens is 214 g/mol. The second kappa shape index (κ2) is 8.09. The molecule has 3 nitrogen and oxygen atoms in total. The van der Waals surface area contributed by atoms with Gasteiger partial charge in [0.1, 0.15) is 5.75 Å². The van der Waals surface area contributed by atoms with Gasteiger partial charge in [0, 0.05) is 18.7 Å². The smallest absolute Gasteiger partial charge is 0.120 e. The molecule has 2 N–H and O–H groups in total. The van der Waals surface area contributed by atoms with E-state index in [1.807, 2.05) is 18.2 Å². The van der Waals surface area contributed by atoms with Crippen LogP contribution in [0.25, 0.3) is 0 Å². The van der Waals surface area contributed by atoms with Crippen LogP contribution in [-0.4, -0.2) is 24.4 Å². The molecule has 1 aromatic carbocycles. The lowest BCUT2D eigenvalue weighted by Gasteiger charge is -2.08. The molecule has 0 saturated carbocycles. The van der Waals surface area contributed by atoms with Gasteiger partial charge in [-0.2, -0.15) is 0 Å². The summed E-state index contributed by atoms with van der Waals surface area (Å²) in [5.41, 5.74) is 0.950. The lowest BCUT2D eigenvalue weighted by Crippen LogP contribution is -2.15. The quantitative estimate of drug-likeness (QED) is 0.683. The van der Waals surface area contributed by atoms with Crippen molar-refractivity contribution >= 4 is 0 Å². The predicted molar refractivity (Wildman–Crippen MR) is 70.1 cm³/mol. The first-order chi connectivity index (χ1) is 8.20. The number of hydrogen-bond donors (Lipinski definition) is 2. The molecule has 0 aromatic heterocycles. The summed E-state index contributed by atoms with van der Waals surface area (Å²) < 4.78 is 5.46. The van der Waals surface area contributed by atoms with Crippen molar-refractivity contribution in [1.29, 1.82) is 0 Å². The van der Waals surface area contributed by atoms with Crippen LogP contribution >= 0.6 is 0 Å². The van der Waals surface area contributed by atoms with Crippen LogP contribution in [-0.2, 0) is 11.3 Å². The summed E-state index contributed by atoms with van der Waals surface area (Å²) in [6.45, 7) is 6.61. The number of aromatic hydroxyl groups is 1. The van der Waals surface area contributed by atoms with E-state index in [4.69, 9.17) is 4.74 Å². The highest BCUT2D eigenvalue weighted by molar-refractivity contribution is 5.31. The summed E-state index contributed by atoms with van der Waals surface area (Å²) in [6.07, 6.45) is 2.50. The highest BCUT2D eigenvalue weighted by atomic mass is 16.5. The second-order valence-electron chi connectivity index (χ2n) is 4.43. The Kier molecular flexibility index (Phi) is 6.67. The molecule has 0 amide bonds. The summed E-state index contributed by atoms with van der Waals surface area (Å²) >= 11 is 0. The standard InChI is InChI=1S/C14H23NO2/c1-12(2)17-10-6-5-9-15-11-13-7-3-4-8-14(13)16/h3-4,7-8,12,15-16H,5-6,9-11H2,1-2H3. The first-order valence-corrected chi connectivity index (χ1v) is 6.29. The number of unbranched alkanes of at least 4 members (excludes halogenated alkanes) is 1. The number of benzene rings is 1. The molecule has 0 heterocycles. The van der Waals surface area contributed by atoms with Crippen molar-refractivity contribution in [3.63, 3.8) is 0 Å². The summed E-state index contributed by atoms with van der Waals surface area (Å²) in [4.78, 5) is 0. The molecule has 0 radical (unpaired) electrons. The minimum atomic E-state index is 0.323. The van der Waals surface area contributed by atoms with Crippen LogP contribution in [0.3, 0.4) is 0 Å². The lowest BCUT2D eigenvalue weighted by molar-refractivity contribution is 0.0760. The van der Waals surface area contributed by atoms with E-state index in [0.29, 0.717) is 11.9 Å². The Morgan fingerprint density at radius 2 is 2.00 bits per heavy atom. The van der Waals surface area contributed by atoms with Crippen molar-refractivity contribution in [3.05, 3.63) is 29.8 Å². The predicted octanol–water partition coefficient (Wildman–Crippen LogP) is 2.69. The maximum atomic E-state index is 9.55. The van der Waals surface area contributed by atoms with Gasteiger partial charge in [0.15, 0.2) is 0 Å². The molecule has 0 atom stereocenters. The fraction of sp³-hybridized carbons (Fsp3) is 0.571. The monoisotopic (exact) mass is 237 g/mol. The molecule has 0 aliphatic heterocycles. The fourth-order valence-corrected chi connectivity index (χ4v) is 1.55. The van der Waals surface area contributed by atoms with E-state index in [-0.39, 0.29) is 0 Å². The van der Waals surface area contributed by atoms with Gasteiger partial charge in [0.05, 0.1) is 6.10 Å². The van der Waals surface area contributed by atoms with E-state index in [2.05, 4.69) is 19.2 Å². The Labute approximate surface area is 104 Å². The third-order valence-electron chi connectivity index (χ3n) is 2.51. The lowest BCUT2D eigenvalue weighted by atomic mass is 10.2. The van der Waals surface area contributed by atoms with E-state index in [1.165, 1.54) is 0 Å². The van der Waals surface area contributed by atoms with Crippen LogP contribution in [0.1, 0.15) is 32.3 Å². The molecular formula is C14H23NO2. The van der Waals surface area contributed by atoms with Crippen molar-refractivity contribution in [2.75, 3.05) is 13.2 Å². The molecule has 0 bridgehead atoms. The molecule has 0 fully saturated rings. The Morgan fingerprint density at radius 1 is 1.24 bits per heavy atom. The van der Waals surface area contributed by atoms with E-state index in [9.17, 15) is 5.11 Å². The van der Waals surface area contributed by atoms with Gasteiger partial charge in [-0.15, -0.1) is 0 Å². The minimum absolute atomic E-state index is 0.323. The van der Waals surface area contributed by atoms with Crippen molar-refractivity contribution < 1.29 is 9.84 Å². The molecule has 0 saturated heterocycles. The number of nitrogens with one attached hydrogen (secondary N) is 1. The van der Waals surface area contributed by atoms with Crippen LogP contribution in [0.2, 0.25) is 0 Å². The third-order valence-corrected chi connectivity index (χ3v) is 2.51. The molecule has 3 heteroatoms. The molecule has 17 heavy (non-hydrogen) atoms. The van der Waals surface area contributed by atoms with E-state index >= 15 is 0 Å². The van der Waals surface area contributed by atoms with Crippen LogP contribution in [0.4, 0.5) is 0 Å². The van der Waals surface area contributed by atoms with Gasteiger partial charge >= 0.3 is 0 Å². The van der Waals surface area contributed by atoms with E-state index in [1.54, 1.807) is 6.07 Å². The van der Waals surface area contributed by atoms with Gasteiger partial charge in [-0.1, -0.05) is 18.2 Å². The van der Waals surface area contributed by atoms with Crippen LogP contribution in [0, 0.1) is 0 Å². The van der Waals surface area contributed by atoms with Gasteiger partial charge < -0.3 is 15.2 Å². The zero-order valence-corrected chi connectivity index (χ0v) is 10.8. The molecule has 0 spiro atoms. The Hall–Kier alpha value is -1.06. The Bertz CT molecular complexity index is 313. The molecule has 1 aromatic rings. The highest BCUT2D eigenvalue weighted by Gasteiger charge is 1.98. The van der Waals surface area contributed by atoms with Crippen LogP contribution in [0.15, 0.2) is 24.3 Å². The third kappa shape index (κ3) is 6.29. The van der Waals surface area contributed by atoms with E-state index in [0.717, 1.165) is 38.1 Å². The van der Waals surface area contributed by atoms with Crippen molar-refractivity contribution in [2.24, 2.45) is 0 Å². The highest BCUT2D eigenvalue weighted by Crippen LogP contribution is 2.14. The fourth-order valence-electron chi connectivity index (χ4n) is 1.55. The number of phenols is 1. The van der Waals surface area contributed by atoms with Gasteiger partial charge in [0.25, 0.3) is 0 Å². The average molecular weight is 237 g/mol. The van der Waals surface area contributed by atoms with Gasteiger partial charge in [-0.3, -0.25) is 0 Å². The number of para-hydroxylation sites is 1. The zero-order valence-electron chi connectivity index (χ0n) is 10.8.